The van der Waals surface area contributed by atoms with Crippen molar-refractivity contribution in [1.29, 1.82) is 0 Å². The summed E-state index contributed by atoms with van der Waals surface area (Å²) in [5, 5.41) is 2.50. The fraction of sp³-hybridized carbons (Fsp3) is 0. The Morgan fingerprint density at radius 1 is 0.405 bits per heavy atom. The van der Waals surface area contributed by atoms with Crippen LogP contribution < -0.4 is 0 Å². The first-order valence-electron chi connectivity index (χ1n) is 12.6. The van der Waals surface area contributed by atoms with E-state index in [4.69, 9.17) is 0 Å². The van der Waals surface area contributed by atoms with Gasteiger partial charge in [0.1, 0.15) is 0 Å². The fourth-order valence-corrected chi connectivity index (χ4v) is 7.18. The van der Waals surface area contributed by atoms with E-state index in [9.17, 15) is 0 Å². The number of nitrogens with zero attached hydrogens (tertiary/aromatic N) is 1. The van der Waals surface area contributed by atoms with Crippen molar-refractivity contribution < 1.29 is 0 Å². The van der Waals surface area contributed by atoms with Crippen LogP contribution >= 0.6 is 11.3 Å². The van der Waals surface area contributed by atoms with E-state index in [0.717, 1.165) is 0 Å². The molecule has 2 heteroatoms. The molecule has 0 atom stereocenters. The highest BCUT2D eigenvalue weighted by atomic mass is 32.1. The molecule has 2 aromatic heterocycles. The Hall–Kier alpha value is -4.53. The highest BCUT2D eigenvalue weighted by Crippen LogP contribution is 2.51. The SMILES string of the molecule is c1ccc2c(c1)-c1ccccc1-c1cccc(-c3cccc4c3sc3ccncc34)c1-c1ccccc1-2. The molecule has 0 spiro atoms. The lowest BCUT2D eigenvalue weighted by molar-refractivity contribution is 1.37. The normalized spacial score (nSPS) is 11.8. The number of hydrogen-bond donors (Lipinski definition) is 0. The second-order valence-electron chi connectivity index (χ2n) is 9.52. The second kappa shape index (κ2) is 7.99. The zero-order valence-corrected chi connectivity index (χ0v) is 20.8. The molecule has 7 aromatic rings. The number of rotatable bonds is 1. The minimum Gasteiger partial charge on any atom is -0.264 e. The second-order valence-corrected chi connectivity index (χ2v) is 10.6. The molecule has 0 saturated carbocycles. The molecule has 1 aliphatic rings. The number of thiophene rings is 1. The number of hydrogen-bond acceptors (Lipinski definition) is 2. The first-order chi connectivity index (χ1) is 18.4. The largest absolute Gasteiger partial charge is 0.264 e. The molecule has 0 fully saturated rings. The Balaban J connectivity index is 1.54. The van der Waals surface area contributed by atoms with E-state index in [1.807, 2.05) is 23.7 Å². The topological polar surface area (TPSA) is 12.9 Å². The zero-order valence-electron chi connectivity index (χ0n) is 20.0. The monoisotopic (exact) mass is 487 g/mol. The summed E-state index contributed by atoms with van der Waals surface area (Å²) < 4.78 is 2.59. The molecule has 0 saturated heterocycles. The summed E-state index contributed by atoms with van der Waals surface area (Å²) in [6.07, 6.45) is 3.89. The van der Waals surface area contributed by atoms with Gasteiger partial charge < -0.3 is 0 Å². The van der Waals surface area contributed by atoms with Crippen molar-refractivity contribution in [2.24, 2.45) is 0 Å². The first kappa shape index (κ1) is 20.6. The molecule has 2 heterocycles. The zero-order chi connectivity index (χ0) is 24.3. The fourth-order valence-electron chi connectivity index (χ4n) is 5.99. The van der Waals surface area contributed by atoms with E-state index in [1.165, 1.54) is 75.8 Å². The summed E-state index contributed by atoms with van der Waals surface area (Å²) in [6.45, 7) is 0. The minimum absolute atomic E-state index is 1.22. The van der Waals surface area contributed by atoms with Gasteiger partial charge in [-0.05, 0) is 56.1 Å². The molecule has 0 bridgehead atoms. The summed E-state index contributed by atoms with van der Waals surface area (Å²) >= 11 is 1.86. The summed E-state index contributed by atoms with van der Waals surface area (Å²) in [5.41, 5.74) is 12.8. The lowest BCUT2D eigenvalue weighted by atomic mass is 9.78. The highest BCUT2D eigenvalue weighted by molar-refractivity contribution is 7.26. The van der Waals surface area contributed by atoms with E-state index < -0.39 is 0 Å². The molecular formula is C35H21NS. The first-order valence-corrected chi connectivity index (χ1v) is 13.4. The molecule has 1 nitrogen and oxygen atoms in total. The van der Waals surface area contributed by atoms with E-state index in [-0.39, 0.29) is 0 Å². The van der Waals surface area contributed by atoms with Crippen molar-refractivity contribution >= 4 is 31.5 Å². The van der Waals surface area contributed by atoms with Gasteiger partial charge >= 0.3 is 0 Å². The van der Waals surface area contributed by atoms with Crippen LogP contribution in [0.5, 0.6) is 0 Å². The van der Waals surface area contributed by atoms with E-state index in [0.29, 0.717) is 0 Å². The van der Waals surface area contributed by atoms with Crippen LogP contribution in [0, 0.1) is 0 Å². The van der Waals surface area contributed by atoms with E-state index in [2.05, 4.69) is 120 Å². The van der Waals surface area contributed by atoms with Crippen LogP contribution in [0.3, 0.4) is 0 Å². The summed E-state index contributed by atoms with van der Waals surface area (Å²) in [4.78, 5) is 4.41. The number of benzene rings is 5. The van der Waals surface area contributed by atoms with Gasteiger partial charge in [0.15, 0.2) is 0 Å². The molecule has 5 aromatic carbocycles. The molecule has 0 amide bonds. The highest BCUT2D eigenvalue weighted by Gasteiger charge is 2.24. The van der Waals surface area contributed by atoms with Crippen LogP contribution in [0.4, 0.5) is 0 Å². The Labute approximate surface area is 219 Å². The van der Waals surface area contributed by atoms with Gasteiger partial charge in [0.2, 0.25) is 0 Å². The van der Waals surface area contributed by atoms with Gasteiger partial charge in [-0.25, -0.2) is 0 Å². The van der Waals surface area contributed by atoms with Crippen LogP contribution in [0.2, 0.25) is 0 Å². The standard InChI is InChI=1S/C35H21NS/c1-2-10-23-22(9-1)24-11-3-4-12-26(24)28-15-7-16-29(34(28)27-14-6-5-13-25(23)27)30-17-8-18-31-32-21-36-20-19-33(32)37-35(30)31/h1-21H. The van der Waals surface area contributed by atoms with Crippen LogP contribution in [-0.4, -0.2) is 4.98 Å². The smallest absolute Gasteiger partial charge is 0.0434 e. The molecule has 37 heavy (non-hydrogen) atoms. The Morgan fingerprint density at radius 2 is 0.892 bits per heavy atom. The quantitative estimate of drug-likeness (QED) is 0.224. The van der Waals surface area contributed by atoms with Gasteiger partial charge in [-0.3, -0.25) is 4.98 Å². The Morgan fingerprint density at radius 3 is 1.57 bits per heavy atom. The van der Waals surface area contributed by atoms with Crippen LogP contribution in [-0.2, 0) is 0 Å². The maximum Gasteiger partial charge on any atom is 0.0434 e. The van der Waals surface area contributed by atoms with Crippen molar-refractivity contribution in [3.63, 3.8) is 0 Å². The van der Waals surface area contributed by atoms with Gasteiger partial charge in [0, 0.05) is 38.1 Å². The molecule has 0 radical (unpaired) electrons. The van der Waals surface area contributed by atoms with Gasteiger partial charge in [-0.15, -0.1) is 11.3 Å². The van der Waals surface area contributed by atoms with Crippen LogP contribution in [0.15, 0.2) is 128 Å². The van der Waals surface area contributed by atoms with Crippen molar-refractivity contribution in [3.05, 3.63) is 128 Å². The Kier molecular flexibility index (Phi) is 4.46. The summed E-state index contributed by atoms with van der Waals surface area (Å²) in [5.74, 6) is 0. The maximum atomic E-state index is 4.41. The molecule has 172 valence electrons. The Bertz CT molecular complexity index is 1990. The molecular weight excluding hydrogens is 466 g/mol. The van der Waals surface area contributed by atoms with Crippen molar-refractivity contribution in [1.82, 2.24) is 4.98 Å². The van der Waals surface area contributed by atoms with Crippen LogP contribution in [0.1, 0.15) is 0 Å². The van der Waals surface area contributed by atoms with E-state index in [1.54, 1.807) is 0 Å². The van der Waals surface area contributed by atoms with Crippen molar-refractivity contribution in [2.75, 3.05) is 0 Å². The average Bonchev–Trinajstić information content (AvgIpc) is 3.35. The third-order valence-electron chi connectivity index (χ3n) is 7.57. The van der Waals surface area contributed by atoms with Gasteiger partial charge in [-0.2, -0.15) is 0 Å². The maximum absolute atomic E-state index is 4.41. The molecule has 0 unspecified atom stereocenters. The summed E-state index contributed by atoms with van der Waals surface area (Å²) in [7, 11) is 0. The predicted molar refractivity (Wildman–Crippen MR) is 158 cm³/mol. The number of aromatic nitrogens is 1. The van der Waals surface area contributed by atoms with Gasteiger partial charge in [-0.1, -0.05) is 109 Å². The summed E-state index contributed by atoms with van der Waals surface area (Å²) in [6, 6.07) is 42.2. The van der Waals surface area contributed by atoms with Crippen molar-refractivity contribution in [3.8, 4) is 55.6 Å². The van der Waals surface area contributed by atoms with Crippen molar-refractivity contribution in [2.45, 2.75) is 0 Å². The average molecular weight is 488 g/mol. The van der Waals surface area contributed by atoms with Gasteiger partial charge in [0.25, 0.3) is 0 Å². The predicted octanol–water partition coefficient (Wildman–Crippen LogP) is 10.1. The van der Waals surface area contributed by atoms with Crippen LogP contribution in [0.25, 0.3) is 75.8 Å². The minimum atomic E-state index is 1.22. The molecule has 0 aliphatic heterocycles. The van der Waals surface area contributed by atoms with Gasteiger partial charge in [0.05, 0.1) is 0 Å². The third kappa shape index (κ3) is 3.00. The molecule has 1 aliphatic carbocycles. The third-order valence-corrected chi connectivity index (χ3v) is 8.79. The van der Waals surface area contributed by atoms with E-state index >= 15 is 0 Å². The molecule has 8 rings (SSSR count). The lowest BCUT2D eigenvalue weighted by Crippen LogP contribution is -1.98. The number of fused-ring (bicyclic) bond motifs is 11. The lowest BCUT2D eigenvalue weighted by Gasteiger charge is -2.25. The molecule has 0 N–H and O–H groups in total. The number of pyridine rings is 1.